The largest absolute Gasteiger partial charge is 0.371 e. The maximum atomic E-state index is 14.4. The molecule has 2 aromatic rings. The molecule has 0 aliphatic carbocycles. The Hall–Kier alpha value is -2.31. The van der Waals surface area contributed by atoms with Gasteiger partial charge >= 0.3 is 0 Å². The van der Waals surface area contributed by atoms with Gasteiger partial charge in [-0.15, -0.1) is 0 Å². The molecule has 3 rings (SSSR count). The lowest BCUT2D eigenvalue weighted by Gasteiger charge is -2.17. The Kier molecular flexibility index (Phi) is 4.64. The molecule has 0 saturated carbocycles. The van der Waals surface area contributed by atoms with Crippen LogP contribution in [-0.2, 0) is 0 Å². The first kappa shape index (κ1) is 15.6. The number of hydrogen-bond donors (Lipinski definition) is 0. The molecule has 23 heavy (non-hydrogen) atoms. The molecule has 1 aliphatic heterocycles. The van der Waals surface area contributed by atoms with E-state index >= 15 is 0 Å². The van der Waals surface area contributed by atoms with Gasteiger partial charge in [0.1, 0.15) is 5.82 Å². The summed E-state index contributed by atoms with van der Waals surface area (Å²) in [7, 11) is 0. The van der Waals surface area contributed by atoms with Crippen molar-refractivity contribution in [2.75, 3.05) is 18.0 Å². The Morgan fingerprint density at radius 1 is 1.13 bits per heavy atom. The second kappa shape index (κ2) is 6.85. The minimum absolute atomic E-state index is 0.309. The van der Waals surface area contributed by atoms with E-state index in [9.17, 15) is 9.65 Å². The van der Waals surface area contributed by atoms with Gasteiger partial charge in [-0.05, 0) is 54.8 Å². The lowest BCUT2D eigenvalue weighted by atomic mass is 10.0. The van der Waals surface area contributed by atoms with Crippen molar-refractivity contribution in [3.05, 3.63) is 64.4 Å². The first-order chi connectivity index (χ1) is 11.2. The fourth-order valence-corrected chi connectivity index (χ4v) is 2.90. The summed E-state index contributed by atoms with van der Waals surface area (Å²) in [5.74, 6) is -0.309. The number of anilines is 1. The Balaban J connectivity index is 1.91. The van der Waals surface area contributed by atoms with Gasteiger partial charge in [-0.3, -0.25) is 0 Å². The summed E-state index contributed by atoms with van der Waals surface area (Å²) in [5, 5.41) is 9.95. The van der Waals surface area contributed by atoms with Crippen molar-refractivity contribution in [3.63, 3.8) is 0 Å². The van der Waals surface area contributed by atoms with E-state index in [4.69, 9.17) is 11.6 Å². The molecule has 2 aromatic carbocycles. The second-order valence-corrected chi connectivity index (χ2v) is 6.01. The lowest BCUT2D eigenvalue weighted by molar-refractivity contribution is 0.624. The van der Waals surface area contributed by atoms with Crippen molar-refractivity contribution in [1.82, 2.24) is 0 Å². The smallest absolute Gasteiger partial charge is 0.132 e. The average Bonchev–Trinajstić information content (AvgIpc) is 3.09. The zero-order valence-corrected chi connectivity index (χ0v) is 13.4. The van der Waals surface area contributed by atoms with Crippen molar-refractivity contribution in [2.24, 2.45) is 0 Å². The topological polar surface area (TPSA) is 27.0 Å². The van der Waals surface area contributed by atoms with Gasteiger partial charge in [0.2, 0.25) is 0 Å². The van der Waals surface area contributed by atoms with Crippen LogP contribution >= 0.6 is 11.6 Å². The standard InChI is InChI=1S/C19H16ClFN2/c20-17-6-3-14(4-7-17)16(13-22)11-15-5-8-18(12-19(15)21)23-9-1-2-10-23/h3-8,11-12H,1-2,9-10H2. The van der Waals surface area contributed by atoms with Crippen LogP contribution in [0.1, 0.15) is 24.0 Å². The van der Waals surface area contributed by atoms with E-state index in [0.29, 0.717) is 16.2 Å². The molecule has 0 bridgehead atoms. The summed E-state index contributed by atoms with van der Waals surface area (Å²) in [4.78, 5) is 2.18. The molecule has 0 spiro atoms. The van der Waals surface area contributed by atoms with Crippen LogP contribution in [0.25, 0.3) is 11.6 Å². The highest BCUT2D eigenvalue weighted by Gasteiger charge is 2.14. The molecule has 0 aromatic heterocycles. The van der Waals surface area contributed by atoms with Gasteiger partial charge in [-0.25, -0.2) is 4.39 Å². The molecule has 0 unspecified atom stereocenters. The Labute approximate surface area is 140 Å². The number of allylic oxidation sites excluding steroid dienone is 1. The van der Waals surface area contributed by atoms with Crippen molar-refractivity contribution in [3.8, 4) is 6.07 Å². The van der Waals surface area contributed by atoms with Gasteiger partial charge in [0, 0.05) is 29.4 Å². The minimum atomic E-state index is -0.309. The van der Waals surface area contributed by atoms with E-state index in [-0.39, 0.29) is 5.82 Å². The number of hydrogen-bond acceptors (Lipinski definition) is 2. The molecule has 1 aliphatic rings. The van der Waals surface area contributed by atoms with Crippen LogP contribution in [-0.4, -0.2) is 13.1 Å². The van der Waals surface area contributed by atoms with E-state index in [1.807, 2.05) is 6.07 Å². The zero-order valence-electron chi connectivity index (χ0n) is 12.6. The number of nitrogens with zero attached hydrogens (tertiary/aromatic N) is 2. The molecule has 2 nitrogen and oxygen atoms in total. The predicted octanol–water partition coefficient (Wildman–Crippen LogP) is 5.14. The predicted molar refractivity (Wildman–Crippen MR) is 92.8 cm³/mol. The zero-order chi connectivity index (χ0) is 16.2. The molecule has 1 saturated heterocycles. The highest BCUT2D eigenvalue weighted by molar-refractivity contribution is 6.30. The van der Waals surface area contributed by atoms with Crippen LogP contribution in [0, 0.1) is 17.1 Å². The van der Waals surface area contributed by atoms with Crippen molar-refractivity contribution in [2.45, 2.75) is 12.8 Å². The SMILES string of the molecule is N#CC(=Cc1ccc(N2CCCC2)cc1F)c1ccc(Cl)cc1. The van der Waals surface area contributed by atoms with E-state index in [1.165, 1.54) is 0 Å². The van der Waals surface area contributed by atoms with E-state index in [1.54, 1.807) is 42.5 Å². The summed E-state index contributed by atoms with van der Waals surface area (Å²) < 4.78 is 14.4. The quantitative estimate of drug-likeness (QED) is 0.576. The molecule has 0 N–H and O–H groups in total. The molecule has 116 valence electrons. The van der Waals surface area contributed by atoms with Crippen LogP contribution in [0.5, 0.6) is 0 Å². The van der Waals surface area contributed by atoms with Crippen LogP contribution in [0.3, 0.4) is 0 Å². The Morgan fingerprint density at radius 3 is 2.43 bits per heavy atom. The molecular weight excluding hydrogens is 311 g/mol. The maximum Gasteiger partial charge on any atom is 0.132 e. The summed E-state index contributed by atoms with van der Waals surface area (Å²) in [6.45, 7) is 1.95. The number of halogens is 2. The first-order valence-corrected chi connectivity index (χ1v) is 7.97. The Bertz CT molecular complexity index is 769. The van der Waals surface area contributed by atoms with Crippen molar-refractivity contribution in [1.29, 1.82) is 5.26 Å². The lowest BCUT2D eigenvalue weighted by Crippen LogP contribution is -2.17. The molecule has 0 radical (unpaired) electrons. The number of rotatable bonds is 3. The third-order valence-electron chi connectivity index (χ3n) is 4.03. The Morgan fingerprint density at radius 2 is 1.83 bits per heavy atom. The normalized spacial score (nSPS) is 14.8. The van der Waals surface area contributed by atoms with Gasteiger partial charge in [0.15, 0.2) is 0 Å². The molecule has 1 fully saturated rings. The summed E-state index contributed by atoms with van der Waals surface area (Å²) in [6.07, 6.45) is 3.88. The highest BCUT2D eigenvalue weighted by atomic mass is 35.5. The van der Waals surface area contributed by atoms with Crippen molar-refractivity contribution >= 4 is 28.9 Å². The van der Waals surface area contributed by atoms with E-state index in [2.05, 4.69) is 11.0 Å². The average molecular weight is 327 g/mol. The highest BCUT2D eigenvalue weighted by Crippen LogP contribution is 2.26. The van der Waals surface area contributed by atoms with E-state index in [0.717, 1.165) is 37.2 Å². The minimum Gasteiger partial charge on any atom is -0.371 e. The molecule has 0 amide bonds. The van der Waals surface area contributed by atoms with Crippen LogP contribution in [0.4, 0.5) is 10.1 Å². The first-order valence-electron chi connectivity index (χ1n) is 7.59. The van der Waals surface area contributed by atoms with Crippen molar-refractivity contribution < 1.29 is 4.39 Å². The monoisotopic (exact) mass is 326 g/mol. The molecular formula is C19H16ClFN2. The summed E-state index contributed by atoms with van der Waals surface area (Å²) >= 11 is 5.86. The van der Waals surface area contributed by atoms with Crippen LogP contribution in [0.2, 0.25) is 5.02 Å². The maximum absolute atomic E-state index is 14.4. The van der Waals surface area contributed by atoms with Gasteiger partial charge in [0.05, 0.1) is 11.6 Å². The summed E-state index contributed by atoms with van der Waals surface area (Å²) in [5.41, 5.74) is 2.45. The molecule has 4 heteroatoms. The van der Waals surface area contributed by atoms with Gasteiger partial charge in [0.25, 0.3) is 0 Å². The third-order valence-corrected chi connectivity index (χ3v) is 4.28. The number of nitriles is 1. The molecule has 0 atom stereocenters. The van der Waals surface area contributed by atoms with Crippen LogP contribution in [0.15, 0.2) is 42.5 Å². The fraction of sp³-hybridized carbons (Fsp3) is 0.211. The van der Waals surface area contributed by atoms with Gasteiger partial charge in [-0.1, -0.05) is 23.7 Å². The van der Waals surface area contributed by atoms with Crippen LogP contribution < -0.4 is 4.90 Å². The number of benzene rings is 2. The molecule has 1 heterocycles. The third kappa shape index (κ3) is 3.55. The summed E-state index contributed by atoms with van der Waals surface area (Å²) in [6, 6.07) is 14.3. The van der Waals surface area contributed by atoms with Gasteiger partial charge in [-0.2, -0.15) is 5.26 Å². The van der Waals surface area contributed by atoms with E-state index < -0.39 is 0 Å². The van der Waals surface area contributed by atoms with Gasteiger partial charge < -0.3 is 4.90 Å². The fourth-order valence-electron chi connectivity index (χ4n) is 2.77. The second-order valence-electron chi connectivity index (χ2n) is 5.58.